The minimum Gasteiger partial charge on any atom is -0.326 e. The van der Waals surface area contributed by atoms with E-state index in [1.165, 1.54) is 5.56 Å². The molecular formula is C25H20N4O. The van der Waals surface area contributed by atoms with E-state index in [2.05, 4.69) is 63.6 Å². The summed E-state index contributed by atoms with van der Waals surface area (Å²) in [5, 5.41) is 5.93. The molecule has 0 bridgehead atoms. The molecule has 0 atom stereocenters. The van der Waals surface area contributed by atoms with Crippen LogP contribution in [-0.2, 0) is 6.42 Å². The van der Waals surface area contributed by atoms with E-state index < -0.39 is 0 Å². The largest absolute Gasteiger partial charge is 0.326 e. The molecule has 0 amide bonds. The number of nitrogens with one attached hydrogen (secondary N) is 2. The van der Waals surface area contributed by atoms with E-state index in [1.807, 2.05) is 36.4 Å². The molecule has 2 aromatic heterocycles. The van der Waals surface area contributed by atoms with Crippen molar-refractivity contribution >= 4 is 33.4 Å². The van der Waals surface area contributed by atoms with Gasteiger partial charge in [-0.2, -0.15) is 4.98 Å². The molecule has 0 spiro atoms. The summed E-state index contributed by atoms with van der Waals surface area (Å²) in [7, 11) is 0. The fourth-order valence-electron chi connectivity index (χ4n) is 3.68. The maximum absolute atomic E-state index is 13.0. The van der Waals surface area contributed by atoms with Gasteiger partial charge in [0.2, 0.25) is 5.95 Å². The van der Waals surface area contributed by atoms with Crippen molar-refractivity contribution in [1.29, 1.82) is 0 Å². The Kier molecular flexibility index (Phi) is 4.48. The first-order valence-electron chi connectivity index (χ1n) is 9.95. The van der Waals surface area contributed by atoms with Crippen molar-refractivity contribution in [2.45, 2.75) is 13.3 Å². The molecule has 0 radical (unpaired) electrons. The van der Waals surface area contributed by atoms with Crippen LogP contribution in [0.25, 0.3) is 32.9 Å². The Morgan fingerprint density at radius 3 is 2.53 bits per heavy atom. The lowest BCUT2D eigenvalue weighted by atomic mass is 10.00. The van der Waals surface area contributed by atoms with Gasteiger partial charge in [0.05, 0.1) is 5.39 Å². The Hall–Kier alpha value is -3.99. The molecule has 0 saturated carbocycles. The summed E-state index contributed by atoms with van der Waals surface area (Å²) in [6, 6.07) is 24.3. The quantitative estimate of drug-likeness (QED) is 0.427. The van der Waals surface area contributed by atoms with Gasteiger partial charge >= 0.3 is 0 Å². The van der Waals surface area contributed by atoms with Gasteiger partial charge in [-0.1, -0.05) is 55.5 Å². The van der Waals surface area contributed by atoms with Crippen LogP contribution in [0, 0.1) is 0 Å². The topological polar surface area (TPSA) is 70.7 Å². The molecule has 0 fully saturated rings. The third-order valence-electron chi connectivity index (χ3n) is 5.29. The van der Waals surface area contributed by atoms with Gasteiger partial charge in [-0.05, 0) is 58.1 Å². The molecule has 0 aliphatic heterocycles. The van der Waals surface area contributed by atoms with Crippen LogP contribution < -0.4 is 10.9 Å². The van der Waals surface area contributed by atoms with Gasteiger partial charge < -0.3 is 5.32 Å². The van der Waals surface area contributed by atoms with Gasteiger partial charge in [0.25, 0.3) is 5.56 Å². The fraction of sp³-hybridized carbons (Fsp3) is 0.0800. The van der Waals surface area contributed by atoms with E-state index >= 15 is 0 Å². The number of pyridine rings is 1. The predicted molar refractivity (Wildman–Crippen MR) is 122 cm³/mol. The number of H-pyrrole nitrogens is 1. The monoisotopic (exact) mass is 392 g/mol. The average Bonchev–Trinajstić information content (AvgIpc) is 2.79. The third kappa shape index (κ3) is 3.31. The molecule has 30 heavy (non-hydrogen) atoms. The lowest BCUT2D eigenvalue weighted by Gasteiger charge is -2.10. The van der Waals surface area contributed by atoms with Crippen LogP contribution in [0.3, 0.4) is 0 Å². The van der Waals surface area contributed by atoms with Crippen molar-refractivity contribution < 1.29 is 0 Å². The van der Waals surface area contributed by atoms with Crippen LogP contribution in [0.15, 0.2) is 83.8 Å². The zero-order valence-corrected chi connectivity index (χ0v) is 16.5. The maximum Gasteiger partial charge on any atom is 0.262 e. The van der Waals surface area contributed by atoms with E-state index in [1.54, 1.807) is 6.20 Å². The normalized spacial score (nSPS) is 11.1. The van der Waals surface area contributed by atoms with Gasteiger partial charge in [-0.3, -0.25) is 9.78 Å². The summed E-state index contributed by atoms with van der Waals surface area (Å²) in [6.07, 6.45) is 2.67. The van der Waals surface area contributed by atoms with E-state index in [0.717, 1.165) is 34.0 Å². The van der Waals surface area contributed by atoms with Crippen LogP contribution >= 0.6 is 0 Å². The van der Waals surface area contributed by atoms with Gasteiger partial charge in [-0.25, -0.2) is 4.98 Å². The standard InChI is InChI=1S/C25H20N4O/c1-2-16-7-11-20(12-8-16)27-25-28-23-22(24(30)29-25)21(13-14-26-23)19-10-9-17-5-3-4-6-18(17)15-19/h3-15H,2H2,1H3,(H2,26,27,28,29,30). The van der Waals surface area contributed by atoms with Gasteiger partial charge in [-0.15, -0.1) is 0 Å². The highest BCUT2D eigenvalue weighted by molar-refractivity contribution is 5.95. The number of hydrogen-bond donors (Lipinski definition) is 2. The highest BCUT2D eigenvalue weighted by Crippen LogP contribution is 2.28. The Balaban J connectivity index is 1.58. The Morgan fingerprint density at radius 2 is 1.73 bits per heavy atom. The SMILES string of the molecule is CCc1ccc(Nc2nc3nccc(-c4ccc5ccccc5c4)c3c(=O)[nH]2)cc1. The second-order valence-electron chi connectivity index (χ2n) is 7.21. The summed E-state index contributed by atoms with van der Waals surface area (Å²) in [4.78, 5) is 24.7. The lowest BCUT2D eigenvalue weighted by Crippen LogP contribution is -2.13. The zero-order valence-electron chi connectivity index (χ0n) is 16.5. The molecule has 0 aliphatic carbocycles. The smallest absolute Gasteiger partial charge is 0.262 e. The lowest BCUT2D eigenvalue weighted by molar-refractivity contribution is 1.13. The van der Waals surface area contributed by atoms with Crippen LogP contribution in [0.5, 0.6) is 0 Å². The van der Waals surface area contributed by atoms with Gasteiger partial charge in [0.1, 0.15) is 0 Å². The molecule has 3 aromatic carbocycles. The van der Waals surface area contributed by atoms with Crippen molar-refractivity contribution in [3.8, 4) is 11.1 Å². The van der Waals surface area contributed by atoms with Crippen molar-refractivity contribution in [3.63, 3.8) is 0 Å². The minimum absolute atomic E-state index is 0.219. The van der Waals surface area contributed by atoms with Gasteiger partial charge in [0.15, 0.2) is 5.65 Å². The first-order valence-corrected chi connectivity index (χ1v) is 9.95. The molecular weight excluding hydrogens is 372 g/mol. The molecule has 5 aromatic rings. The zero-order chi connectivity index (χ0) is 20.5. The summed E-state index contributed by atoms with van der Waals surface area (Å²) in [5.41, 5.74) is 4.09. The molecule has 146 valence electrons. The summed E-state index contributed by atoms with van der Waals surface area (Å²) in [5.74, 6) is 0.375. The van der Waals surface area contributed by atoms with Crippen LogP contribution in [-0.4, -0.2) is 15.0 Å². The molecule has 5 rings (SSSR count). The molecule has 5 heteroatoms. The van der Waals surface area contributed by atoms with Crippen molar-refractivity contribution in [3.05, 3.63) is 94.9 Å². The van der Waals surface area contributed by atoms with E-state index in [9.17, 15) is 4.79 Å². The molecule has 0 saturated heterocycles. The molecule has 0 aliphatic rings. The van der Waals surface area contributed by atoms with Crippen molar-refractivity contribution in [2.24, 2.45) is 0 Å². The van der Waals surface area contributed by atoms with E-state index in [4.69, 9.17) is 0 Å². The maximum atomic E-state index is 13.0. The molecule has 5 nitrogen and oxygen atoms in total. The van der Waals surface area contributed by atoms with Gasteiger partial charge in [0, 0.05) is 11.9 Å². The Bertz CT molecular complexity index is 1420. The van der Waals surface area contributed by atoms with E-state index in [0.29, 0.717) is 17.0 Å². The number of hydrogen-bond acceptors (Lipinski definition) is 4. The summed E-state index contributed by atoms with van der Waals surface area (Å²) in [6.45, 7) is 2.11. The number of aromatic amines is 1. The highest BCUT2D eigenvalue weighted by atomic mass is 16.1. The fourth-order valence-corrected chi connectivity index (χ4v) is 3.68. The Labute approximate surface area is 173 Å². The predicted octanol–water partition coefficient (Wildman–Crippen LogP) is 5.44. The van der Waals surface area contributed by atoms with Crippen molar-refractivity contribution in [2.75, 3.05) is 5.32 Å². The molecule has 2 N–H and O–H groups in total. The van der Waals surface area contributed by atoms with Crippen LogP contribution in [0.4, 0.5) is 11.6 Å². The second kappa shape index (κ2) is 7.44. The third-order valence-corrected chi connectivity index (χ3v) is 5.29. The number of benzene rings is 3. The van der Waals surface area contributed by atoms with Crippen LogP contribution in [0.1, 0.15) is 12.5 Å². The van der Waals surface area contributed by atoms with Crippen LogP contribution in [0.2, 0.25) is 0 Å². The second-order valence-corrected chi connectivity index (χ2v) is 7.21. The molecule has 0 unspecified atom stereocenters. The number of nitrogens with zero attached hydrogens (tertiary/aromatic N) is 2. The first kappa shape index (κ1) is 18.1. The highest BCUT2D eigenvalue weighted by Gasteiger charge is 2.12. The number of fused-ring (bicyclic) bond motifs is 2. The summed E-state index contributed by atoms with van der Waals surface area (Å²) >= 11 is 0. The summed E-state index contributed by atoms with van der Waals surface area (Å²) < 4.78 is 0. The Morgan fingerprint density at radius 1 is 0.933 bits per heavy atom. The minimum atomic E-state index is -0.219. The molecule has 2 heterocycles. The number of aryl methyl sites for hydroxylation is 1. The number of aromatic nitrogens is 3. The first-order chi connectivity index (χ1) is 14.7. The average molecular weight is 392 g/mol. The van der Waals surface area contributed by atoms with E-state index in [-0.39, 0.29) is 5.56 Å². The number of anilines is 2. The van der Waals surface area contributed by atoms with Crippen molar-refractivity contribution in [1.82, 2.24) is 15.0 Å². The number of rotatable bonds is 4.